The molecule has 130 valence electrons. The van der Waals surface area contributed by atoms with Gasteiger partial charge in [-0.2, -0.15) is 4.39 Å². The molecule has 0 bridgehead atoms. The number of nitrogens with zero attached hydrogens (tertiary/aromatic N) is 1. The molecule has 0 aliphatic heterocycles. The van der Waals surface area contributed by atoms with Gasteiger partial charge >= 0.3 is 11.7 Å². The van der Waals surface area contributed by atoms with Gasteiger partial charge in [-0.15, -0.1) is 0 Å². The van der Waals surface area contributed by atoms with E-state index >= 15 is 0 Å². The number of ether oxygens (including phenoxy) is 1. The van der Waals surface area contributed by atoms with Gasteiger partial charge in [0.05, 0.1) is 17.1 Å². The Kier molecular flexibility index (Phi) is 5.96. The summed E-state index contributed by atoms with van der Waals surface area (Å²) in [5, 5.41) is 16.5. The molecule has 7 nitrogen and oxygen atoms in total. The zero-order valence-electron chi connectivity index (χ0n) is 13.1. The van der Waals surface area contributed by atoms with Crippen LogP contribution >= 0.6 is 12.2 Å². The highest BCUT2D eigenvalue weighted by molar-refractivity contribution is 7.80. The number of nitro groups is 1. The fraction of sp³-hybridized carbons (Fsp3) is 0.125. The molecular weight excluding hydrogens is 349 g/mol. The number of hydrogen-bond donors (Lipinski definition) is 2. The van der Waals surface area contributed by atoms with Crippen LogP contribution in [-0.4, -0.2) is 22.6 Å². The summed E-state index contributed by atoms with van der Waals surface area (Å²) in [7, 11) is 0. The van der Waals surface area contributed by atoms with Crippen LogP contribution in [-0.2, 0) is 4.74 Å². The minimum absolute atomic E-state index is 0.157. The highest BCUT2D eigenvalue weighted by atomic mass is 32.1. The van der Waals surface area contributed by atoms with Crippen LogP contribution in [0.3, 0.4) is 0 Å². The number of hydrogen-bond acceptors (Lipinski definition) is 5. The van der Waals surface area contributed by atoms with E-state index in [1.807, 2.05) is 0 Å². The molecule has 0 unspecified atom stereocenters. The highest BCUT2D eigenvalue weighted by Gasteiger charge is 2.14. The van der Waals surface area contributed by atoms with Gasteiger partial charge in [0.15, 0.2) is 5.11 Å². The Labute approximate surface area is 148 Å². The fourth-order valence-corrected chi connectivity index (χ4v) is 2.16. The van der Waals surface area contributed by atoms with Crippen molar-refractivity contribution in [1.29, 1.82) is 0 Å². The SMILES string of the molecule is CCOC(=O)c1ccc(NC(=S)Nc2ccc(F)c([N+](=O)[O-])c2)cc1. The molecular formula is C16H14FN3O4S. The van der Waals surface area contributed by atoms with Crippen LogP contribution in [0, 0.1) is 15.9 Å². The van der Waals surface area contributed by atoms with Crippen LogP contribution in [0.4, 0.5) is 21.5 Å². The Bertz CT molecular complexity index is 812. The summed E-state index contributed by atoms with van der Waals surface area (Å²) in [6.07, 6.45) is 0. The molecule has 0 atom stereocenters. The minimum atomic E-state index is -0.927. The second-order valence-corrected chi connectivity index (χ2v) is 5.21. The van der Waals surface area contributed by atoms with Crippen LogP contribution in [0.5, 0.6) is 0 Å². The second-order valence-electron chi connectivity index (χ2n) is 4.80. The van der Waals surface area contributed by atoms with E-state index in [9.17, 15) is 19.3 Å². The average Bonchev–Trinajstić information content (AvgIpc) is 2.57. The van der Waals surface area contributed by atoms with E-state index in [1.54, 1.807) is 31.2 Å². The summed E-state index contributed by atoms with van der Waals surface area (Å²) in [5.74, 6) is -1.35. The van der Waals surface area contributed by atoms with Crippen LogP contribution in [0.1, 0.15) is 17.3 Å². The van der Waals surface area contributed by atoms with Gasteiger partial charge < -0.3 is 15.4 Å². The van der Waals surface area contributed by atoms with Gasteiger partial charge in [0.25, 0.3) is 0 Å². The van der Waals surface area contributed by atoms with Crippen LogP contribution in [0.25, 0.3) is 0 Å². The molecule has 0 saturated heterocycles. The Morgan fingerprint density at radius 3 is 2.40 bits per heavy atom. The standard InChI is InChI=1S/C16H14FN3O4S/c1-2-24-15(21)10-3-5-11(6-4-10)18-16(25)19-12-7-8-13(17)14(9-12)20(22)23/h3-9H,2H2,1H3,(H2,18,19,25). The van der Waals surface area contributed by atoms with Gasteiger partial charge in [0.2, 0.25) is 5.82 Å². The molecule has 2 aromatic carbocycles. The van der Waals surface area contributed by atoms with Crippen molar-refractivity contribution < 1.29 is 18.8 Å². The Morgan fingerprint density at radius 2 is 1.80 bits per heavy atom. The summed E-state index contributed by atoms with van der Waals surface area (Å²) in [6, 6.07) is 9.78. The van der Waals surface area contributed by atoms with Crippen molar-refractivity contribution in [2.24, 2.45) is 0 Å². The molecule has 0 amide bonds. The predicted molar refractivity (Wildman–Crippen MR) is 95.3 cm³/mol. The molecule has 0 aromatic heterocycles. The number of carbonyl (C=O) groups is 1. The molecule has 0 heterocycles. The third kappa shape index (κ3) is 4.95. The number of nitro benzene ring substituents is 1. The molecule has 2 aromatic rings. The predicted octanol–water partition coefficient (Wildman–Crippen LogP) is 3.72. The number of anilines is 2. The van der Waals surface area contributed by atoms with Gasteiger partial charge in [0.1, 0.15) is 0 Å². The van der Waals surface area contributed by atoms with E-state index < -0.39 is 22.4 Å². The maximum absolute atomic E-state index is 13.3. The van der Waals surface area contributed by atoms with E-state index in [-0.39, 0.29) is 17.4 Å². The smallest absolute Gasteiger partial charge is 0.338 e. The summed E-state index contributed by atoms with van der Waals surface area (Å²) < 4.78 is 18.2. The molecule has 2 rings (SSSR count). The normalized spacial score (nSPS) is 10.0. The number of thiocarbonyl (C=S) groups is 1. The highest BCUT2D eigenvalue weighted by Crippen LogP contribution is 2.22. The number of benzene rings is 2. The molecule has 0 fully saturated rings. The maximum atomic E-state index is 13.3. The van der Waals surface area contributed by atoms with Crippen molar-refractivity contribution in [3.05, 3.63) is 64.0 Å². The van der Waals surface area contributed by atoms with Gasteiger partial charge in [-0.25, -0.2) is 4.79 Å². The lowest BCUT2D eigenvalue weighted by molar-refractivity contribution is -0.387. The first-order chi connectivity index (χ1) is 11.9. The molecule has 0 radical (unpaired) electrons. The van der Waals surface area contributed by atoms with Crippen LogP contribution in [0.2, 0.25) is 0 Å². The molecule has 2 N–H and O–H groups in total. The van der Waals surface area contributed by atoms with Crippen molar-refractivity contribution in [3.63, 3.8) is 0 Å². The van der Waals surface area contributed by atoms with Crippen molar-refractivity contribution in [1.82, 2.24) is 0 Å². The minimum Gasteiger partial charge on any atom is -0.462 e. The van der Waals surface area contributed by atoms with Gasteiger partial charge in [-0.05, 0) is 55.5 Å². The Hall–Kier alpha value is -3.07. The number of rotatable bonds is 5. The first kappa shape index (κ1) is 18.3. The fourth-order valence-electron chi connectivity index (χ4n) is 1.93. The maximum Gasteiger partial charge on any atom is 0.338 e. The number of nitrogens with one attached hydrogen (secondary N) is 2. The first-order valence-corrected chi connectivity index (χ1v) is 7.60. The van der Waals surface area contributed by atoms with E-state index in [0.29, 0.717) is 11.3 Å². The lowest BCUT2D eigenvalue weighted by Gasteiger charge is -2.11. The van der Waals surface area contributed by atoms with Gasteiger partial charge in [-0.1, -0.05) is 0 Å². The monoisotopic (exact) mass is 363 g/mol. The summed E-state index contributed by atoms with van der Waals surface area (Å²) in [5.41, 5.74) is 0.628. The summed E-state index contributed by atoms with van der Waals surface area (Å²) in [4.78, 5) is 21.5. The zero-order chi connectivity index (χ0) is 18.4. The summed E-state index contributed by atoms with van der Waals surface area (Å²) >= 11 is 5.11. The van der Waals surface area contributed by atoms with E-state index in [2.05, 4.69) is 10.6 Å². The lowest BCUT2D eigenvalue weighted by Crippen LogP contribution is -2.19. The number of carbonyl (C=O) groups excluding carboxylic acids is 1. The quantitative estimate of drug-likeness (QED) is 0.362. The number of esters is 1. The molecule has 0 saturated carbocycles. The van der Waals surface area contributed by atoms with Crippen molar-refractivity contribution in [2.75, 3.05) is 17.2 Å². The lowest BCUT2D eigenvalue weighted by atomic mass is 10.2. The second kappa shape index (κ2) is 8.15. The average molecular weight is 363 g/mol. The topological polar surface area (TPSA) is 93.5 Å². The third-order valence-corrected chi connectivity index (χ3v) is 3.26. The van der Waals surface area contributed by atoms with Gasteiger partial charge in [0, 0.05) is 17.4 Å². The van der Waals surface area contributed by atoms with E-state index in [4.69, 9.17) is 17.0 Å². The largest absolute Gasteiger partial charge is 0.462 e. The molecule has 0 spiro atoms. The first-order valence-electron chi connectivity index (χ1n) is 7.20. The third-order valence-electron chi connectivity index (χ3n) is 3.05. The molecule has 9 heteroatoms. The van der Waals surface area contributed by atoms with E-state index in [0.717, 1.165) is 12.1 Å². The number of halogens is 1. The summed E-state index contributed by atoms with van der Waals surface area (Å²) in [6.45, 7) is 2.01. The Morgan fingerprint density at radius 1 is 1.20 bits per heavy atom. The zero-order valence-corrected chi connectivity index (χ0v) is 13.9. The Balaban J connectivity index is 2.02. The molecule has 0 aliphatic rings. The van der Waals surface area contributed by atoms with Crippen molar-refractivity contribution in [3.8, 4) is 0 Å². The van der Waals surface area contributed by atoms with Crippen LogP contribution in [0.15, 0.2) is 42.5 Å². The van der Waals surface area contributed by atoms with Crippen LogP contribution < -0.4 is 10.6 Å². The van der Waals surface area contributed by atoms with Crippen molar-refractivity contribution >= 4 is 40.4 Å². The van der Waals surface area contributed by atoms with E-state index in [1.165, 1.54) is 6.07 Å². The van der Waals surface area contributed by atoms with Crippen molar-refractivity contribution in [2.45, 2.75) is 6.92 Å². The molecule has 0 aliphatic carbocycles. The van der Waals surface area contributed by atoms with Gasteiger partial charge in [-0.3, -0.25) is 10.1 Å². The molecule has 25 heavy (non-hydrogen) atoms.